The zero-order chi connectivity index (χ0) is 9.14. The van der Waals surface area contributed by atoms with E-state index in [2.05, 4.69) is 4.99 Å². The van der Waals surface area contributed by atoms with E-state index in [1.807, 2.05) is 0 Å². The van der Waals surface area contributed by atoms with E-state index < -0.39 is 11.6 Å². The summed E-state index contributed by atoms with van der Waals surface area (Å²) in [6.07, 6.45) is 0. The molecule has 0 aliphatic rings. The minimum Gasteiger partial charge on any atom is -0.293 e. The van der Waals surface area contributed by atoms with E-state index >= 15 is 0 Å². The van der Waals surface area contributed by atoms with Gasteiger partial charge in [0.25, 0.3) is 0 Å². The van der Waals surface area contributed by atoms with Gasteiger partial charge in [-0.2, -0.15) is 0 Å². The first-order valence-corrected chi connectivity index (χ1v) is 3.54. The van der Waals surface area contributed by atoms with Gasteiger partial charge in [0, 0.05) is 24.4 Å². The summed E-state index contributed by atoms with van der Waals surface area (Å²) >= 11 is 0. The van der Waals surface area contributed by atoms with Crippen LogP contribution in [-0.4, -0.2) is 12.8 Å². The zero-order valence-corrected chi connectivity index (χ0v) is 6.94. The maximum Gasteiger partial charge on any atom is 0.135 e. The van der Waals surface area contributed by atoms with E-state index in [1.165, 1.54) is 12.1 Å². The highest BCUT2D eigenvalue weighted by Crippen LogP contribution is 2.10. The average Bonchev–Trinajstić information content (AvgIpc) is 2.03. The molecule has 0 N–H and O–H groups in total. The van der Waals surface area contributed by atoms with Gasteiger partial charge in [-0.1, -0.05) is 0 Å². The fourth-order valence-electron chi connectivity index (χ4n) is 0.903. The molecule has 0 aliphatic carbocycles. The number of rotatable bonds is 1. The summed E-state index contributed by atoms with van der Waals surface area (Å²) in [5.41, 5.74) is 0.909. The lowest BCUT2D eigenvalue weighted by Gasteiger charge is -2.00. The van der Waals surface area contributed by atoms with Crippen molar-refractivity contribution in [3.05, 3.63) is 35.4 Å². The molecular formula is C9H9F2N. The van der Waals surface area contributed by atoms with Gasteiger partial charge in [-0.15, -0.1) is 0 Å². The summed E-state index contributed by atoms with van der Waals surface area (Å²) < 4.78 is 25.4. The number of halogens is 2. The van der Waals surface area contributed by atoms with Crippen molar-refractivity contribution in [3.63, 3.8) is 0 Å². The summed E-state index contributed by atoms with van der Waals surface area (Å²) in [5.74, 6) is -1.14. The van der Waals surface area contributed by atoms with Crippen molar-refractivity contribution in [1.29, 1.82) is 0 Å². The summed E-state index contributed by atoms with van der Waals surface area (Å²) in [6, 6.07) is 3.45. The van der Waals surface area contributed by atoms with Crippen LogP contribution in [0.15, 0.2) is 23.2 Å². The highest BCUT2D eigenvalue weighted by Gasteiger charge is 2.04. The van der Waals surface area contributed by atoms with Crippen molar-refractivity contribution >= 4 is 5.71 Å². The molecular weight excluding hydrogens is 160 g/mol. The Balaban J connectivity index is 3.18. The van der Waals surface area contributed by atoms with Crippen LogP contribution in [0.5, 0.6) is 0 Å². The molecule has 0 saturated carbocycles. The maximum absolute atomic E-state index is 13.0. The topological polar surface area (TPSA) is 12.4 Å². The lowest BCUT2D eigenvalue weighted by Crippen LogP contribution is -1.98. The molecule has 0 aliphatic heterocycles. The van der Waals surface area contributed by atoms with Gasteiger partial charge in [-0.25, -0.2) is 8.78 Å². The number of hydrogen-bond donors (Lipinski definition) is 0. The minimum absolute atomic E-state index is 0.346. The van der Waals surface area contributed by atoms with Crippen LogP contribution in [0, 0.1) is 11.6 Å². The third-order valence-electron chi connectivity index (χ3n) is 1.66. The Morgan fingerprint density at radius 3 is 2.50 bits per heavy atom. The molecule has 0 unspecified atom stereocenters. The molecule has 64 valence electrons. The fourth-order valence-corrected chi connectivity index (χ4v) is 0.903. The van der Waals surface area contributed by atoms with Crippen molar-refractivity contribution in [2.24, 2.45) is 4.99 Å². The molecule has 0 saturated heterocycles. The largest absolute Gasteiger partial charge is 0.293 e. The fraction of sp³-hybridized carbons (Fsp3) is 0.222. The summed E-state index contributed by atoms with van der Waals surface area (Å²) in [7, 11) is 1.57. The van der Waals surface area contributed by atoms with E-state index in [0.717, 1.165) is 6.07 Å². The third kappa shape index (κ3) is 1.67. The molecule has 0 aromatic heterocycles. The van der Waals surface area contributed by atoms with E-state index in [1.54, 1.807) is 14.0 Å². The molecule has 0 amide bonds. The first-order valence-electron chi connectivity index (χ1n) is 3.54. The van der Waals surface area contributed by atoms with Gasteiger partial charge in [-0.3, -0.25) is 4.99 Å². The predicted molar refractivity (Wildman–Crippen MR) is 44.5 cm³/mol. The van der Waals surface area contributed by atoms with Gasteiger partial charge in [0.1, 0.15) is 11.6 Å². The smallest absolute Gasteiger partial charge is 0.135 e. The zero-order valence-electron chi connectivity index (χ0n) is 6.94. The quantitative estimate of drug-likeness (QED) is 0.572. The Morgan fingerprint density at radius 2 is 2.00 bits per heavy atom. The monoisotopic (exact) mass is 169 g/mol. The number of hydrogen-bond acceptors (Lipinski definition) is 1. The lowest BCUT2D eigenvalue weighted by molar-refractivity contribution is 0.581. The highest BCUT2D eigenvalue weighted by molar-refractivity contribution is 5.98. The molecule has 1 aromatic carbocycles. The van der Waals surface area contributed by atoms with Crippen LogP contribution < -0.4 is 0 Å². The van der Waals surface area contributed by atoms with E-state index in [4.69, 9.17) is 0 Å². The van der Waals surface area contributed by atoms with Gasteiger partial charge in [0.05, 0.1) is 0 Å². The molecule has 0 radical (unpaired) electrons. The molecule has 0 atom stereocenters. The Kier molecular flexibility index (Phi) is 2.53. The first kappa shape index (κ1) is 8.84. The standard InChI is InChI=1S/C9H9F2N/c1-6(12-2)8-4-3-7(10)5-9(8)11/h3-5H,1-2H3. The molecule has 3 heteroatoms. The van der Waals surface area contributed by atoms with Crippen LogP contribution in [0.1, 0.15) is 12.5 Å². The van der Waals surface area contributed by atoms with Crippen LogP contribution in [0.4, 0.5) is 8.78 Å². The van der Waals surface area contributed by atoms with Gasteiger partial charge in [0.15, 0.2) is 0 Å². The van der Waals surface area contributed by atoms with Crippen LogP contribution in [-0.2, 0) is 0 Å². The van der Waals surface area contributed by atoms with E-state index in [-0.39, 0.29) is 0 Å². The molecule has 0 bridgehead atoms. The number of benzene rings is 1. The van der Waals surface area contributed by atoms with Crippen LogP contribution in [0.25, 0.3) is 0 Å². The Labute approximate surface area is 69.8 Å². The molecule has 0 fully saturated rings. The number of aliphatic imine (C=N–C) groups is 1. The van der Waals surface area contributed by atoms with E-state index in [0.29, 0.717) is 11.3 Å². The lowest BCUT2D eigenvalue weighted by atomic mass is 10.1. The Hall–Kier alpha value is -1.25. The first-order chi connectivity index (χ1) is 5.65. The van der Waals surface area contributed by atoms with Crippen molar-refractivity contribution < 1.29 is 8.78 Å². The second-order valence-corrected chi connectivity index (χ2v) is 2.43. The summed E-state index contributed by atoms with van der Waals surface area (Å²) in [6.45, 7) is 1.68. The summed E-state index contributed by atoms with van der Waals surface area (Å²) in [5, 5.41) is 0. The van der Waals surface area contributed by atoms with Gasteiger partial charge >= 0.3 is 0 Å². The second-order valence-electron chi connectivity index (χ2n) is 2.43. The molecule has 1 nitrogen and oxygen atoms in total. The second kappa shape index (κ2) is 3.43. The number of nitrogens with zero attached hydrogens (tertiary/aromatic N) is 1. The normalized spacial score (nSPS) is 11.8. The van der Waals surface area contributed by atoms with Crippen LogP contribution >= 0.6 is 0 Å². The Morgan fingerprint density at radius 1 is 1.33 bits per heavy atom. The predicted octanol–water partition coefficient (Wildman–Crippen LogP) is 2.40. The molecule has 0 spiro atoms. The van der Waals surface area contributed by atoms with Gasteiger partial charge < -0.3 is 0 Å². The van der Waals surface area contributed by atoms with Crippen molar-refractivity contribution in [2.75, 3.05) is 7.05 Å². The molecule has 1 rings (SSSR count). The highest BCUT2D eigenvalue weighted by atomic mass is 19.1. The molecule has 12 heavy (non-hydrogen) atoms. The van der Waals surface area contributed by atoms with Crippen molar-refractivity contribution in [1.82, 2.24) is 0 Å². The molecule has 0 heterocycles. The van der Waals surface area contributed by atoms with Crippen LogP contribution in [0.2, 0.25) is 0 Å². The SMILES string of the molecule is CN=C(C)c1ccc(F)cc1F. The third-order valence-corrected chi connectivity index (χ3v) is 1.66. The average molecular weight is 169 g/mol. The van der Waals surface area contributed by atoms with Gasteiger partial charge in [0.2, 0.25) is 0 Å². The van der Waals surface area contributed by atoms with Crippen molar-refractivity contribution in [3.8, 4) is 0 Å². The van der Waals surface area contributed by atoms with Crippen LogP contribution in [0.3, 0.4) is 0 Å². The summed E-state index contributed by atoms with van der Waals surface area (Å²) in [4.78, 5) is 3.80. The van der Waals surface area contributed by atoms with E-state index in [9.17, 15) is 8.78 Å². The van der Waals surface area contributed by atoms with Crippen molar-refractivity contribution in [2.45, 2.75) is 6.92 Å². The maximum atomic E-state index is 13.0. The Bertz CT molecular complexity index is 318. The molecule has 1 aromatic rings. The minimum atomic E-state index is -0.571. The van der Waals surface area contributed by atoms with Gasteiger partial charge in [-0.05, 0) is 19.1 Å².